The Hall–Kier alpha value is -6.20. The van der Waals surface area contributed by atoms with Gasteiger partial charge in [-0.15, -0.1) is 0 Å². The number of hydrogen-bond acceptors (Lipinski definition) is 11. The van der Waals surface area contributed by atoms with Crippen LogP contribution in [0.3, 0.4) is 0 Å². The maximum absolute atomic E-state index is 14.5. The van der Waals surface area contributed by atoms with Crippen LogP contribution in [0.5, 0.6) is 0 Å². The zero-order valence-electron chi connectivity index (χ0n) is 40.4. The van der Waals surface area contributed by atoms with E-state index in [1.165, 1.54) is 35.2 Å². The fourth-order valence-corrected chi connectivity index (χ4v) is 10.4. The Bertz CT molecular complexity index is 2530. The lowest BCUT2D eigenvalue weighted by Gasteiger charge is -2.36. The van der Waals surface area contributed by atoms with E-state index in [-0.39, 0.29) is 74.8 Å². The molecule has 2 saturated heterocycles. The summed E-state index contributed by atoms with van der Waals surface area (Å²) in [6, 6.07) is 18.6. The molecule has 6 amide bonds. The Balaban J connectivity index is 0.837. The molecule has 7 rings (SSSR count). The SMILES string of the molecule is CCN1C(=O)C(/C=N/C(=O)c2cccc(C(F)(F)F)c2)[C@@H](c2ccc(F)cc2)c2c(CNC(=O)CCOCCOCCOCCOCCNC(=O)CCCCC3SCC4NC(=O)NC43)nn(-c3ccccc3)c21. The highest BCUT2D eigenvalue weighted by molar-refractivity contribution is 8.00. The monoisotopic (exact) mass is 1040 g/mol. The number of amides is 6. The van der Waals surface area contributed by atoms with Gasteiger partial charge in [-0.2, -0.15) is 30.0 Å². The first-order valence-corrected chi connectivity index (χ1v) is 25.4. The van der Waals surface area contributed by atoms with Gasteiger partial charge in [0.1, 0.15) is 11.6 Å². The Morgan fingerprint density at radius 3 is 2.22 bits per heavy atom. The van der Waals surface area contributed by atoms with Crippen LogP contribution in [0, 0.1) is 11.7 Å². The average molecular weight is 1040 g/mol. The summed E-state index contributed by atoms with van der Waals surface area (Å²) in [7, 11) is 0. The third-order valence-electron chi connectivity index (χ3n) is 12.5. The number of urea groups is 1. The molecular formula is C51H60F4N8O9S. The molecule has 3 aliphatic rings. The van der Waals surface area contributed by atoms with Crippen LogP contribution in [0.1, 0.15) is 77.7 Å². The summed E-state index contributed by atoms with van der Waals surface area (Å²) in [5, 5.41) is 17.0. The number of carbonyl (C=O) groups excluding carboxylic acids is 5. The van der Waals surface area contributed by atoms with E-state index in [0.717, 1.165) is 43.4 Å². The molecule has 3 aliphatic heterocycles. The van der Waals surface area contributed by atoms with Crippen LogP contribution in [-0.4, -0.2) is 135 Å². The summed E-state index contributed by atoms with van der Waals surface area (Å²) in [6.07, 6.45) is -0.438. The zero-order chi connectivity index (χ0) is 51.7. The number of nitrogens with one attached hydrogen (secondary N) is 4. The van der Waals surface area contributed by atoms with Crippen molar-refractivity contribution in [2.24, 2.45) is 10.9 Å². The van der Waals surface area contributed by atoms with Crippen molar-refractivity contribution in [3.63, 3.8) is 0 Å². The number of benzene rings is 3. The summed E-state index contributed by atoms with van der Waals surface area (Å²) in [5.41, 5.74) is 0.596. The third-order valence-corrected chi connectivity index (χ3v) is 14.0. The van der Waals surface area contributed by atoms with Crippen molar-refractivity contribution in [1.29, 1.82) is 0 Å². The molecule has 2 fully saturated rings. The Labute approximate surface area is 424 Å². The van der Waals surface area contributed by atoms with E-state index < -0.39 is 41.2 Å². The van der Waals surface area contributed by atoms with Gasteiger partial charge < -0.3 is 40.2 Å². The van der Waals surface area contributed by atoms with Crippen molar-refractivity contribution < 1.29 is 60.5 Å². The van der Waals surface area contributed by atoms with E-state index in [1.807, 2.05) is 17.8 Å². The highest BCUT2D eigenvalue weighted by Gasteiger charge is 2.45. The summed E-state index contributed by atoms with van der Waals surface area (Å²) < 4.78 is 78.7. The van der Waals surface area contributed by atoms with Crippen LogP contribution in [0.2, 0.25) is 0 Å². The minimum atomic E-state index is -4.70. The predicted molar refractivity (Wildman–Crippen MR) is 264 cm³/mol. The largest absolute Gasteiger partial charge is 0.416 e. The molecule has 4 aromatic rings. The second kappa shape index (κ2) is 26.7. The fourth-order valence-electron chi connectivity index (χ4n) is 8.90. The number of aromatic nitrogens is 2. The zero-order valence-corrected chi connectivity index (χ0v) is 41.2. The normalized spacial score (nSPS) is 19.4. The van der Waals surface area contributed by atoms with E-state index >= 15 is 0 Å². The quantitative estimate of drug-likeness (QED) is 0.0237. The van der Waals surface area contributed by atoms with Gasteiger partial charge in [0.15, 0.2) is 0 Å². The van der Waals surface area contributed by atoms with Gasteiger partial charge in [0.25, 0.3) is 5.91 Å². The lowest BCUT2D eigenvalue weighted by atomic mass is 9.77. The third kappa shape index (κ3) is 15.0. The molecular weight excluding hydrogens is 977 g/mol. The molecule has 3 aromatic carbocycles. The molecule has 4 unspecified atom stereocenters. The standard InChI is InChI=1S/C51H60F4N8O9S/c1-2-62-48-45(44(33-15-17-36(52)18-16-33)38(49(62)67)30-58-47(66)34-9-8-10-35(29-34)51(53,54)55)39(61-63(48)37-11-4-3-5-12-37)31-57-43(65)19-21-69-23-25-71-27-28-72-26-24-70-22-20-56-42(64)14-7-6-13-41-46-40(32-73-41)59-50(68)60-46/h3-5,8-12,15-18,29-30,38,40-41,44,46H,2,6-7,13-14,19-28,31-32H2,1H3,(H,56,64)(H,57,65)(H2,59,60,68)/b58-30+/t38?,40?,41?,44-,46?/m1/s1. The Kier molecular flexibility index (Phi) is 19.9. The first-order valence-electron chi connectivity index (χ1n) is 24.3. The van der Waals surface area contributed by atoms with Crippen LogP contribution < -0.4 is 26.2 Å². The van der Waals surface area contributed by atoms with Gasteiger partial charge >= 0.3 is 12.2 Å². The molecule has 0 spiro atoms. The first kappa shape index (κ1) is 54.6. The van der Waals surface area contributed by atoms with Gasteiger partial charge in [-0.1, -0.05) is 42.8 Å². The Morgan fingerprint density at radius 1 is 0.836 bits per heavy atom. The van der Waals surface area contributed by atoms with E-state index in [9.17, 15) is 41.5 Å². The predicted octanol–water partition coefficient (Wildman–Crippen LogP) is 5.97. The van der Waals surface area contributed by atoms with Crippen LogP contribution in [0.15, 0.2) is 83.9 Å². The molecule has 4 heterocycles. The van der Waals surface area contributed by atoms with Crippen molar-refractivity contribution in [2.75, 3.05) is 76.6 Å². The van der Waals surface area contributed by atoms with Crippen LogP contribution in [0.25, 0.3) is 5.69 Å². The number of para-hydroxylation sites is 1. The lowest BCUT2D eigenvalue weighted by molar-refractivity contribution is -0.137. The molecule has 0 radical (unpaired) electrons. The average Bonchev–Trinajstić information content (AvgIpc) is 4.07. The summed E-state index contributed by atoms with van der Waals surface area (Å²) in [6.45, 7) is 4.58. The van der Waals surface area contributed by atoms with E-state index in [1.54, 1.807) is 35.9 Å². The maximum atomic E-state index is 14.5. The van der Waals surface area contributed by atoms with Gasteiger partial charge in [-0.25, -0.2) is 18.9 Å². The number of nitrogens with zero attached hydrogens (tertiary/aromatic N) is 4. The molecule has 73 heavy (non-hydrogen) atoms. The molecule has 392 valence electrons. The molecule has 5 atom stereocenters. The van der Waals surface area contributed by atoms with Crippen LogP contribution in [-0.2, 0) is 46.1 Å². The number of fused-ring (bicyclic) bond motifs is 2. The van der Waals surface area contributed by atoms with Gasteiger partial charge in [-0.05, 0) is 67.8 Å². The van der Waals surface area contributed by atoms with E-state index in [2.05, 4.69) is 26.3 Å². The topological polar surface area (TPSA) is 204 Å². The van der Waals surface area contributed by atoms with Crippen molar-refractivity contribution in [2.45, 2.75) is 75.0 Å². The number of halogens is 4. The number of alkyl halides is 3. The van der Waals surface area contributed by atoms with Crippen molar-refractivity contribution in [3.05, 3.63) is 113 Å². The molecule has 4 N–H and O–H groups in total. The molecule has 0 aliphatic carbocycles. The highest BCUT2D eigenvalue weighted by Crippen LogP contribution is 2.46. The smallest absolute Gasteiger partial charge is 0.379 e. The summed E-state index contributed by atoms with van der Waals surface area (Å²) in [4.78, 5) is 70.2. The highest BCUT2D eigenvalue weighted by atomic mass is 32.2. The molecule has 0 bridgehead atoms. The van der Waals surface area contributed by atoms with Crippen LogP contribution >= 0.6 is 11.8 Å². The fraction of sp³-hybridized carbons (Fsp3) is 0.471. The number of anilines is 1. The van der Waals surface area contributed by atoms with E-state index in [0.29, 0.717) is 85.6 Å². The van der Waals surface area contributed by atoms with Gasteiger partial charge in [0.2, 0.25) is 17.7 Å². The molecule has 0 saturated carbocycles. The number of rotatable bonds is 27. The van der Waals surface area contributed by atoms with Crippen molar-refractivity contribution in [3.8, 4) is 5.69 Å². The summed E-state index contributed by atoms with van der Waals surface area (Å²) in [5.74, 6) is -3.17. The van der Waals surface area contributed by atoms with Gasteiger partial charge in [-0.3, -0.25) is 24.1 Å². The van der Waals surface area contributed by atoms with Gasteiger partial charge in [0.05, 0.1) is 94.3 Å². The van der Waals surface area contributed by atoms with Crippen LogP contribution in [0.4, 0.5) is 28.2 Å². The number of ether oxygens (including phenoxy) is 4. The Morgan fingerprint density at radius 2 is 1.52 bits per heavy atom. The number of aliphatic imine (C=N–C) groups is 1. The number of thioether (sulfide) groups is 1. The lowest BCUT2D eigenvalue weighted by Crippen LogP contribution is -2.45. The van der Waals surface area contributed by atoms with Crippen molar-refractivity contribution >= 4 is 53.5 Å². The molecule has 17 nitrogen and oxygen atoms in total. The minimum Gasteiger partial charge on any atom is -0.379 e. The number of carbonyl (C=O) groups is 5. The molecule has 22 heteroatoms. The minimum absolute atomic E-state index is 0.00377. The maximum Gasteiger partial charge on any atom is 0.416 e. The number of hydrogen-bond donors (Lipinski definition) is 4. The summed E-state index contributed by atoms with van der Waals surface area (Å²) >= 11 is 1.87. The molecule has 1 aromatic heterocycles. The van der Waals surface area contributed by atoms with Crippen molar-refractivity contribution in [1.82, 2.24) is 31.0 Å². The second-order valence-electron chi connectivity index (χ2n) is 17.4. The second-order valence-corrected chi connectivity index (χ2v) is 18.7. The van der Waals surface area contributed by atoms with Gasteiger partial charge in [0, 0.05) is 60.2 Å². The van der Waals surface area contributed by atoms with E-state index in [4.69, 9.17) is 24.0 Å². The number of unbranched alkanes of at least 4 members (excludes halogenated alkanes) is 1. The first-order chi connectivity index (χ1) is 35.3.